The largest absolute Gasteiger partial charge is 0.375 e. The summed E-state index contributed by atoms with van der Waals surface area (Å²) in [4.78, 5) is 27.9. The Labute approximate surface area is 145 Å². The average Bonchev–Trinajstić information content (AvgIpc) is 3.01. The Morgan fingerprint density at radius 2 is 1.96 bits per heavy atom. The van der Waals surface area contributed by atoms with Crippen LogP contribution in [0.5, 0.6) is 0 Å². The van der Waals surface area contributed by atoms with Gasteiger partial charge in [-0.15, -0.1) is 0 Å². The lowest BCUT2D eigenvalue weighted by atomic mass is 9.85. The maximum atomic E-state index is 12.5. The van der Waals surface area contributed by atoms with E-state index in [2.05, 4.69) is 0 Å². The van der Waals surface area contributed by atoms with Crippen molar-refractivity contribution in [2.45, 2.75) is 70.3 Å². The van der Waals surface area contributed by atoms with Gasteiger partial charge in [0.2, 0.25) is 11.8 Å². The number of carbonyl (C=O) groups excluding carboxylic acids is 2. The molecule has 2 saturated heterocycles. The molecule has 1 aliphatic carbocycles. The predicted octanol–water partition coefficient (Wildman–Crippen LogP) is 2.59. The summed E-state index contributed by atoms with van der Waals surface area (Å²) in [7, 11) is 0. The van der Waals surface area contributed by atoms with Crippen LogP contribution in [0.3, 0.4) is 0 Å². The van der Waals surface area contributed by atoms with Crippen LogP contribution in [0.15, 0.2) is 0 Å². The van der Waals surface area contributed by atoms with E-state index in [4.69, 9.17) is 4.74 Å². The number of morpholine rings is 1. The van der Waals surface area contributed by atoms with E-state index in [1.54, 1.807) is 0 Å². The predicted molar refractivity (Wildman–Crippen MR) is 92.6 cm³/mol. The summed E-state index contributed by atoms with van der Waals surface area (Å²) in [6.07, 6.45) is 11.1. The van der Waals surface area contributed by atoms with Crippen LogP contribution in [0.4, 0.5) is 0 Å². The highest BCUT2D eigenvalue weighted by atomic mass is 16.5. The second-order valence-corrected chi connectivity index (χ2v) is 7.66. The molecule has 2 aliphatic heterocycles. The van der Waals surface area contributed by atoms with Crippen LogP contribution < -0.4 is 0 Å². The van der Waals surface area contributed by atoms with E-state index in [9.17, 15) is 9.59 Å². The quantitative estimate of drug-likeness (QED) is 0.749. The molecule has 2 heterocycles. The zero-order valence-corrected chi connectivity index (χ0v) is 14.9. The van der Waals surface area contributed by atoms with E-state index in [1.165, 1.54) is 32.1 Å². The standard InChI is InChI=1S/C19H32N2O3/c22-18-8-4-10-20(18)11-5-9-19(23)21-12-13-24-17(15-21)14-16-6-2-1-3-7-16/h16-17H,1-15H2. The molecule has 0 aromatic rings. The first kappa shape index (κ1) is 17.7. The average molecular weight is 336 g/mol. The SMILES string of the molecule is O=C1CCCN1CCCC(=O)N1CCOC(CC2CCCCC2)C1. The van der Waals surface area contributed by atoms with Gasteiger partial charge >= 0.3 is 0 Å². The Hall–Kier alpha value is -1.10. The number of nitrogens with zero attached hydrogens (tertiary/aromatic N) is 2. The third-order valence-corrected chi connectivity index (χ3v) is 5.80. The van der Waals surface area contributed by atoms with Crippen LogP contribution in [-0.4, -0.2) is 60.5 Å². The molecule has 3 fully saturated rings. The summed E-state index contributed by atoms with van der Waals surface area (Å²) in [6, 6.07) is 0. The molecule has 24 heavy (non-hydrogen) atoms. The van der Waals surface area contributed by atoms with Crippen LogP contribution in [0.1, 0.15) is 64.2 Å². The van der Waals surface area contributed by atoms with E-state index in [0.29, 0.717) is 19.4 Å². The van der Waals surface area contributed by atoms with Crippen LogP contribution >= 0.6 is 0 Å². The molecule has 5 heteroatoms. The van der Waals surface area contributed by atoms with Crippen molar-refractivity contribution in [1.29, 1.82) is 0 Å². The van der Waals surface area contributed by atoms with Gasteiger partial charge in [-0.2, -0.15) is 0 Å². The summed E-state index contributed by atoms with van der Waals surface area (Å²) in [5.74, 6) is 1.28. The van der Waals surface area contributed by atoms with E-state index < -0.39 is 0 Å². The van der Waals surface area contributed by atoms with Gasteiger partial charge < -0.3 is 14.5 Å². The molecule has 1 saturated carbocycles. The van der Waals surface area contributed by atoms with Crippen LogP contribution in [0.25, 0.3) is 0 Å². The normalized spacial score (nSPS) is 26.2. The molecular formula is C19H32N2O3. The van der Waals surface area contributed by atoms with Crippen molar-refractivity contribution in [3.63, 3.8) is 0 Å². The highest BCUT2D eigenvalue weighted by Gasteiger charge is 2.27. The Kier molecular flexibility index (Phi) is 6.52. The fourth-order valence-corrected chi connectivity index (χ4v) is 4.40. The lowest BCUT2D eigenvalue weighted by molar-refractivity contribution is -0.140. The molecule has 0 radical (unpaired) electrons. The number of likely N-dealkylation sites (tertiary alicyclic amines) is 1. The molecule has 0 aromatic carbocycles. The van der Waals surface area contributed by atoms with E-state index >= 15 is 0 Å². The molecule has 3 aliphatic rings. The second kappa shape index (κ2) is 8.84. The smallest absolute Gasteiger partial charge is 0.222 e. The van der Waals surface area contributed by atoms with E-state index in [1.807, 2.05) is 9.80 Å². The Bertz CT molecular complexity index is 434. The number of ether oxygens (including phenoxy) is 1. The third kappa shape index (κ3) is 4.95. The minimum atomic E-state index is 0.228. The fourth-order valence-electron chi connectivity index (χ4n) is 4.40. The lowest BCUT2D eigenvalue weighted by Crippen LogP contribution is -2.46. The summed E-state index contributed by atoms with van der Waals surface area (Å²) >= 11 is 0. The van der Waals surface area contributed by atoms with E-state index in [-0.39, 0.29) is 17.9 Å². The molecule has 0 bridgehead atoms. The molecule has 2 amide bonds. The first-order valence-corrected chi connectivity index (χ1v) is 9.89. The first-order valence-electron chi connectivity index (χ1n) is 9.89. The molecular weight excluding hydrogens is 304 g/mol. The van der Waals surface area contributed by atoms with Crippen molar-refractivity contribution in [3.05, 3.63) is 0 Å². The van der Waals surface area contributed by atoms with Gasteiger partial charge in [0.15, 0.2) is 0 Å². The minimum Gasteiger partial charge on any atom is -0.375 e. The van der Waals surface area contributed by atoms with Crippen molar-refractivity contribution >= 4 is 11.8 Å². The van der Waals surface area contributed by atoms with E-state index in [0.717, 1.165) is 51.4 Å². The third-order valence-electron chi connectivity index (χ3n) is 5.80. The van der Waals surface area contributed by atoms with Gasteiger partial charge in [-0.3, -0.25) is 9.59 Å². The van der Waals surface area contributed by atoms with Crippen LogP contribution in [0.2, 0.25) is 0 Å². The van der Waals surface area contributed by atoms with Gasteiger partial charge in [-0.25, -0.2) is 0 Å². The second-order valence-electron chi connectivity index (χ2n) is 7.66. The minimum absolute atomic E-state index is 0.228. The van der Waals surface area contributed by atoms with Gasteiger partial charge in [-0.05, 0) is 25.2 Å². The highest BCUT2D eigenvalue weighted by Crippen LogP contribution is 2.29. The van der Waals surface area contributed by atoms with Crippen molar-refractivity contribution in [2.24, 2.45) is 5.92 Å². The Morgan fingerprint density at radius 3 is 2.71 bits per heavy atom. The molecule has 0 aromatic heterocycles. The number of hydrogen-bond acceptors (Lipinski definition) is 3. The maximum Gasteiger partial charge on any atom is 0.222 e. The van der Waals surface area contributed by atoms with Gasteiger partial charge in [0.05, 0.1) is 12.7 Å². The van der Waals surface area contributed by atoms with Gasteiger partial charge in [-0.1, -0.05) is 32.1 Å². The zero-order valence-electron chi connectivity index (χ0n) is 14.9. The summed E-state index contributed by atoms with van der Waals surface area (Å²) in [6.45, 7) is 3.77. The number of amides is 2. The Balaban J connectivity index is 1.37. The number of rotatable bonds is 6. The van der Waals surface area contributed by atoms with Gasteiger partial charge in [0, 0.05) is 39.0 Å². The first-order chi connectivity index (χ1) is 11.7. The monoisotopic (exact) mass is 336 g/mol. The van der Waals surface area contributed by atoms with Crippen molar-refractivity contribution < 1.29 is 14.3 Å². The molecule has 1 unspecified atom stereocenters. The van der Waals surface area contributed by atoms with Crippen LogP contribution in [-0.2, 0) is 14.3 Å². The lowest BCUT2D eigenvalue weighted by Gasteiger charge is -2.35. The van der Waals surface area contributed by atoms with Crippen molar-refractivity contribution in [2.75, 3.05) is 32.8 Å². The van der Waals surface area contributed by atoms with Gasteiger partial charge in [0.25, 0.3) is 0 Å². The summed E-state index contributed by atoms with van der Waals surface area (Å²) in [5.41, 5.74) is 0. The molecule has 3 rings (SSSR count). The molecule has 5 nitrogen and oxygen atoms in total. The molecule has 136 valence electrons. The molecule has 0 N–H and O–H groups in total. The zero-order chi connectivity index (χ0) is 16.8. The van der Waals surface area contributed by atoms with Crippen molar-refractivity contribution in [3.8, 4) is 0 Å². The van der Waals surface area contributed by atoms with Crippen LogP contribution in [0, 0.1) is 5.92 Å². The molecule has 1 atom stereocenters. The summed E-state index contributed by atoms with van der Waals surface area (Å²) < 4.78 is 5.91. The van der Waals surface area contributed by atoms with Crippen molar-refractivity contribution in [1.82, 2.24) is 9.80 Å². The number of carbonyl (C=O) groups is 2. The highest BCUT2D eigenvalue weighted by molar-refractivity contribution is 5.78. The molecule has 0 spiro atoms. The van der Waals surface area contributed by atoms with Gasteiger partial charge in [0.1, 0.15) is 0 Å². The topological polar surface area (TPSA) is 49.9 Å². The summed E-state index contributed by atoms with van der Waals surface area (Å²) in [5, 5.41) is 0. The maximum absolute atomic E-state index is 12.5. The fraction of sp³-hybridized carbons (Fsp3) is 0.895. The Morgan fingerprint density at radius 1 is 1.12 bits per heavy atom. The number of hydrogen-bond donors (Lipinski definition) is 0.